The van der Waals surface area contributed by atoms with Gasteiger partial charge in [-0.15, -0.1) is 0 Å². The topological polar surface area (TPSA) is 55.1 Å². The highest BCUT2D eigenvalue weighted by Gasteiger charge is 2.03. The predicted molar refractivity (Wildman–Crippen MR) is 54.7 cm³/mol. The average molecular weight is 198 g/mol. The first-order chi connectivity index (χ1) is 6.18. The summed E-state index contributed by atoms with van der Waals surface area (Å²) < 4.78 is 0. The molecule has 0 fully saturated rings. The van der Waals surface area contributed by atoms with Crippen LogP contribution in [0.5, 0.6) is 0 Å². The van der Waals surface area contributed by atoms with Crippen molar-refractivity contribution >= 4 is 17.2 Å². The molecule has 0 saturated carbocycles. The fraction of sp³-hybridized carbons (Fsp3) is 0.444. The highest BCUT2D eigenvalue weighted by Crippen LogP contribution is 2.08. The molecule has 1 atom stereocenters. The standard InChI is InChI=1S/C9H14N2OS/c1-7(11-5-9(10)12)4-8-2-3-13-6-8/h2-3,6-7,11H,4-5H2,1H3,(H2,10,12). The van der Waals surface area contributed by atoms with Crippen LogP contribution in [-0.4, -0.2) is 18.5 Å². The maximum absolute atomic E-state index is 10.5. The number of carbonyl (C=O) groups excluding carboxylic acids is 1. The third-order valence-electron chi connectivity index (χ3n) is 1.75. The molecule has 0 saturated heterocycles. The monoisotopic (exact) mass is 198 g/mol. The van der Waals surface area contributed by atoms with Crippen LogP contribution >= 0.6 is 11.3 Å². The molecule has 3 nitrogen and oxygen atoms in total. The predicted octanol–water partition coefficient (Wildman–Crippen LogP) is 0.754. The first-order valence-electron chi connectivity index (χ1n) is 4.21. The minimum absolute atomic E-state index is 0.255. The Morgan fingerprint density at radius 2 is 2.54 bits per heavy atom. The van der Waals surface area contributed by atoms with E-state index in [1.54, 1.807) is 11.3 Å². The Labute approximate surface area is 81.9 Å². The molecule has 1 rings (SSSR count). The zero-order valence-electron chi connectivity index (χ0n) is 7.62. The minimum Gasteiger partial charge on any atom is -0.369 e. The van der Waals surface area contributed by atoms with E-state index < -0.39 is 0 Å². The Balaban J connectivity index is 2.25. The van der Waals surface area contributed by atoms with Crippen molar-refractivity contribution in [1.29, 1.82) is 0 Å². The summed E-state index contributed by atoms with van der Waals surface area (Å²) >= 11 is 1.69. The minimum atomic E-state index is -0.308. The van der Waals surface area contributed by atoms with Crippen molar-refractivity contribution in [1.82, 2.24) is 5.32 Å². The molecule has 72 valence electrons. The lowest BCUT2D eigenvalue weighted by molar-refractivity contribution is -0.117. The highest BCUT2D eigenvalue weighted by atomic mass is 32.1. The van der Waals surface area contributed by atoms with Crippen molar-refractivity contribution in [3.05, 3.63) is 22.4 Å². The first-order valence-corrected chi connectivity index (χ1v) is 5.15. The average Bonchev–Trinajstić information content (AvgIpc) is 2.53. The lowest BCUT2D eigenvalue weighted by Crippen LogP contribution is -2.35. The number of rotatable bonds is 5. The van der Waals surface area contributed by atoms with Gasteiger partial charge >= 0.3 is 0 Å². The maximum atomic E-state index is 10.5. The zero-order valence-corrected chi connectivity index (χ0v) is 8.43. The van der Waals surface area contributed by atoms with Crippen LogP contribution in [0.3, 0.4) is 0 Å². The van der Waals surface area contributed by atoms with Crippen molar-refractivity contribution in [2.75, 3.05) is 6.54 Å². The van der Waals surface area contributed by atoms with E-state index in [4.69, 9.17) is 5.73 Å². The van der Waals surface area contributed by atoms with Crippen molar-refractivity contribution < 1.29 is 4.79 Å². The van der Waals surface area contributed by atoms with Crippen molar-refractivity contribution in [3.8, 4) is 0 Å². The molecule has 0 bridgehead atoms. The largest absolute Gasteiger partial charge is 0.369 e. The van der Waals surface area contributed by atoms with Gasteiger partial charge in [-0.05, 0) is 35.7 Å². The van der Waals surface area contributed by atoms with Gasteiger partial charge in [0.25, 0.3) is 0 Å². The molecule has 0 aliphatic carbocycles. The van der Waals surface area contributed by atoms with Crippen molar-refractivity contribution in [2.45, 2.75) is 19.4 Å². The van der Waals surface area contributed by atoms with Crippen LogP contribution in [0.4, 0.5) is 0 Å². The Hall–Kier alpha value is -0.870. The summed E-state index contributed by atoms with van der Waals surface area (Å²) in [6.07, 6.45) is 0.941. The molecular formula is C9H14N2OS. The highest BCUT2D eigenvalue weighted by molar-refractivity contribution is 7.07. The molecule has 1 amide bonds. The summed E-state index contributed by atoms with van der Waals surface area (Å²) in [5.41, 5.74) is 6.32. The Bertz CT molecular complexity index is 259. The van der Waals surface area contributed by atoms with E-state index in [1.165, 1.54) is 5.56 Å². The second kappa shape index (κ2) is 4.99. The quantitative estimate of drug-likeness (QED) is 0.733. The van der Waals surface area contributed by atoms with Gasteiger partial charge in [0, 0.05) is 6.04 Å². The molecule has 0 radical (unpaired) electrons. The number of amides is 1. The molecule has 1 aromatic heterocycles. The van der Waals surface area contributed by atoms with E-state index >= 15 is 0 Å². The maximum Gasteiger partial charge on any atom is 0.231 e. The molecular weight excluding hydrogens is 184 g/mol. The summed E-state index contributed by atoms with van der Waals surface area (Å²) in [6.45, 7) is 2.30. The van der Waals surface area contributed by atoms with E-state index in [0.717, 1.165) is 6.42 Å². The molecule has 0 spiro atoms. The van der Waals surface area contributed by atoms with Gasteiger partial charge in [-0.2, -0.15) is 11.3 Å². The van der Waals surface area contributed by atoms with E-state index in [0.29, 0.717) is 6.04 Å². The third-order valence-corrected chi connectivity index (χ3v) is 2.48. The summed E-state index contributed by atoms with van der Waals surface area (Å²) in [4.78, 5) is 10.5. The van der Waals surface area contributed by atoms with Crippen LogP contribution in [0.25, 0.3) is 0 Å². The lowest BCUT2D eigenvalue weighted by atomic mass is 10.1. The number of nitrogens with two attached hydrogens (primary N) is 1. The number of carbonyl (C=O) groups is 1. The Morgan fingerprint density at radius 1 is 1.77 bits per heavy atom. The van der Waals surface area contributed by atoms with E-state index in [9.17, 15) is 4.79 Å². The molecule has 13 heavy (non-hydrogen) atoms. The molecule has 4 heteroatoms. The molecule has 1 aromatic rings. The number of hydrogen-bond donors (Lipinski definition) is 2. The molecule has 0 aliphatic heterocycles. The van der Waals surface area contributed by atoms with E-state index in [1.807, 2.05) is 6.92 Å². The second-order valence-electron chi connectivity index (χ2n) is 3.08. The smallest absolute Gasteiger partial charge is 0.231 e. The van der Waals surface area contributed by atoms with Gasteiger partial charge in [0.2, 0.25) is 5.91 Å². The van der Waals surface area contributed by atoms with Gasteiger partial charge in [-0.3, -0.25) is 4.79 Å². The molecule has 1 heterocycles. The van der Waals surface area contributed by atoms with Gasteiger partial charge < -0.3 is 11.1 Å². The lowest BCUT2D eigenvalue weighted by Gasteiger charge is -2.10. The van der Waals surface area contributed by atoms with Crippen LogP contribution in [-0.2, 0) is 11.2 Å². The number of nitrogens with one attached hydrogen (secondary N) is 1. The van der Waals surface area contributed by atoms with Crippen LogP contribution in [0.1, 0.15) is 12.5 Å². The fourth-order valence-corrected chi connectivity index (χ4v) is 1.79. The normalized spacial score (nSPS) is 12.7. The number of primary amides is 1. The van der Waals surface area contributed by atoms with Gasteiger partial charge in [0.15, 0.2) is 0 Å². The second-order valence-corrected chi connectivity index (χ2v) is 3.86. The van der Waals surface area contributed by atoms with Crippen molar-refractivity contribution in [3.63, 3.8) is 0 Å². The molecule has 3 N–H and O–H groups in total. The first kappa shape index (κ1) is 10.2. The van der Waals surface area contributed by atoms with Crippen LogP contribution < -0.4 is 11.1 Å². The number of hydrogen-bond acceptors (Lipinski definition) is 3. The van der Waals surface area contributed by atoms with Gasteiger partial charge in [-0.25, -0.2) is 0 Å². The van der Waals surface area contributed by atoms with E-state index in [2.05, 4.69) is 22.1 Å². The fourth-order valence-electron chi connectivity index (χ4n) is 1.11. The summed E-state index contributed by atoms with van der Waals surface area (Å²) in [5.74, 6) is -0.308. The Morgan fingerprint density at radius 3 is 3.08 bits per heavy atom. The van der Waals surface area contributed by atoms with Gasteiger partial charge in [-0.1, -0.05) is 0 Å². The molecule has 0 aromatic carbocycles. The van der Waals surface area contributed by atoms with Crippen molar-refractivity contribution in [2.24, 2.45) is 5.73 Å². The third kappa shape index (κ3) is 4.05. The summed E-state index contributed by atoms with van der Waals surface area (Å²) in [6, 6.07) is 2.38. The zero-order chi connectivity index (χ0) is 9.68. The van der Waals surface area contributed by atoms with Gasteiger partial charge in [0.1, 0.15) is 0 Å². The van der Waals surface area contributed by atoms with Crippen LogP contribution in [0.2, 0.25) is 0 Å². The number of thiophene rings is 1. The van der Waals surface area contributed by atoms with E-state index in [-0.39, 0.29) is 12.5 Å². The van der Waals surface area contributed by atoms with Crippen LogP contribution in [0, 0.1) is 0 Å². The SMILES string of the molecule is CC(Cc1ccsc1)NCC(N)=O. The summed E-state index contributed by atoms with van der Waals surface area (Å²) in [5, 5.41) is 7.22. The molecule has 0 aliphatic rings. The Kier molecular flexibility index (Phi) is 3.92. The van der Waals surface area contributed by atoms with Gasteiger partial charge in [0.05, 0.1) is 6.54 Å². The van der Waals surface area contributed by atoms with Crippen LogP contribution in [0.15, 0.2) is 16.8 Å². The molecule has 1 unspecified atom stereocenters. The summed E-state index contributed by atoms with van der Waals surface area (Å²) in [7, 11) is 0.